The number of esters is 1. The number of aromatic nitrogens is 2. The van der Waals surface area contributed by atoms with Gasteiger partial charge in [-0.3, -0.25) is 14.3 Å². The molecule has 8 heteroatoms. The predicted molar refractivity (Wildman–Crippen MR) is 95.4 cm³/mol. The topological polar surface area (TPSA) is 83.6 Å². The summed E-state index contributed by atoms with van der Waals surface area (Å²) in [6.45, 7) is 1.99. The quantitative estimate of drug-likeness (QED) is 0.613. The Morgan fingerprint density at radius 2 is 2.19 bits per heavy atom. The van der Waals surface area contributed by atoms with Gasteiger partial charge in [0.25, 0.3) is 0 Å². The van der Waals surface area contributed by atoms with Crippen molar-refractivity contribution >= 4 is 28.7 Å². The summed E-state index contributed by atoms with van der Waals surface area (Å²) in [5, 5.41) is 0.327. The van der Waals surface area contributed by atoms with Crippen LogP contribution < -0.4 is 10.5 Å². The summed E-state index contributed by atoms with van der Waals surface area (Å²) in [5.74, 6) is -0.609. The van der Waals surface area contributed by atoms with Gasteiger partial charge in [-0.05, 0) is 25.1 Å². The third kappa shape index (κ3) is 3.72. The minimum absolute atomic E-state index is 0.0532. The van der Waals surface area contributed by atoms with Gasteiger partial charge in [-0.25, -0.2) is 4.79 Å². The molecule has 136 valence electrons. The van der Waals surface area contributed by atoms with Crippen molar-refractivity contribution in [3.05, 3.63) is 57.8 Å². The summed E-state index contributed by atoms with van der Waals surface area (Å²) in [7, 11) is 1.29. The van der Waals surface area contributed by atoms with Crippen molar-refractivity contribution in [2.75, 3.05) is 7.11 Å². The van der Waals surface area contributed by atoms with Crippen LogP contribution in [0, 0.1) is 0 Å². The standard InChI is InChI=1S/C18H17ClN2O5/c1-11(13-5-3-4-7-20-13)25-15-10-16-14(9-12(15)19)21(18(23)26-16)8-6-17(22)24-2/h3-5,7,9-11H,6,8H2,1-2H3. The summed E-state index contributed by atoms with van der Waals surface area (Å²) in [4.78, 5) is 27.6. The number of ether oxygens (including phenoxy) is 2. The molecule has 0 aliphatic heterocycles. The first-order valence-electron chi connectivity index (χ1n) is 7.97. The van der Waals surface area contributed by atoms with Crippen LogP contribution in [0.25, 0.3) is 11.1 Å². The molecule has 0 aliphatic rings. The van der Waals surface area contributed by atoms with Crippen LogP contribution in [-0.4, -0.2) is 22.6 Å². The van der Waals surface area contributed by atoms with Crippen LogP contribution in [0.15, 0.2) is 45.7 Å². The number of carbonyl (C=O) groups excluding carboxylic acids is 1. The lowest BCUT2D eigenvalue weighted by Gasteiger charge is -2.15. The Labute approximate surface area is 154 Å². The molecule has 0 fully saturated rings. The molecule has 0 saturated carbocycles. The highest BCUT2D eigenvalue weighted by molar-refractivity contribution is 6.32. The Balaban J connectivity index is 1.89. The van der Waals surface area contributed by atoms with Gasteiger partial charge in [0, 0.05) is 18.8 Å². The van der Waals surface area contributed by atoms with Crippen molar-refractivity contribution in [3.63, 3.8) is 0 Å². The molecule has 0 saturated heterocycles. The van der Waals surface area contributed by atoms with Gasteiger partial charge >= 0.3 is 11.7 Å². The Kier molecular flexibility index (Phi) is 5.27. The molecule has 1 unspecified atom stereocenters. The second kappa shape index (κ2) is 7.61. The van der Waals surface area contributed by atoms with E-state index < -0.39 is 11.7 Å². The summed E-state index contributed by atoms with van der Waals surface area (Å²) in [5.41, 5.74) is 1.56. The van der Waals surface area contributed by atoms with E-state index in [1.165, 1.54) is 11.7 Å². The van der Waals surface area contributed by atoms with Crippen molar-refractivity contribution in [3.8, 4) is 5.75 Å². The monoisotopic (exact) mass is 376 g/mol. The molecule has 3 rings (SSSR count). The predicted octanol–water partition coefficient (Wildman–Crippen LogP) is 3.35. The fraction of sp³-hybridized carbons (Fsp3) is 0.278. The van der Waals surface area contributed by atoms with Crippen LogP contribution in [0.3, 0.4) is 0 Å². The van der Waals surface area contributed by atoms with Gasteiger partial charge in [-0.15, -0.1) is 0 Å². The van der Waals surface area contributed by atoms with E-state index in [2.05, 4.69) is 9.72 Å². The van der Waals surface area contributed by atoms with E-state index in [1.54, 1.807) is 18.3 Å². The molecule has 0 N–H and O–H groups in total. The van der Waals surface area contributed by atoms with Gasteiger partial charge in [-0.1, -0.05) is 17.7 Å². The first-order chi connectivity index (χ1) is 12.5. The Hall–Kier alpha value is -2.80. The van der Waals surface area contributed by atoms with Crippen LogP contribution in [0.5, 0.6) is 5.75 Å². The van der Waals surface area contributed by atoms with Crippen molar-refractivity contribution in [2.45, 2.75) is 26.0 Å². The molecule has 2 aromatic heterocycles. The molecule has 0 amide bonds. The van der Waals surface area contributed by atoms with E-state index in [0.717, 1.165) is 5.69 Å². The third-order valence-electron chi connectivity index (χ3n) is 3.90. The molecular weight excluding hydrogens is 360 g/mol. The molecule has 0 radical (unpaired) electrons. The summed E-state index contributed by atoms with van der Waals surface area (Å²) < 4.78 is 17.0. The number of nitrogens with zero attached hydrogens (tertiary/aromatic N) is 2. The first-order valence-corrected chi connectivity index (χ1v) is 8.34. The number of rotatable bonds is 6. The Bertz CT molecular complexity index is 980. The SMILES string of the molecule is COC(=O)CCn1c(=O)oc2cc(OC(C)c3ccccn3)c(Cl)cc21. The van der Waals surface area contributed by atoms with Gasteiger partial charge in [0.1, 0.15) is 11.9 Å². The third-order valence-corrected chi connectivity index (χ3v) is 4.19. The first kappa shape index (κ1) is 18.0. The van der Waals surface area contributed by atoms with E-state index in [-0.39, 0.29) is 19.1 Å². The molecule has 0 bridgehead atoms. The molecule has 0 aliphatic carbocycles. The van der Waals surface area contributed by atoms with Gasteiger partial charge in [-0.2, -0.15) is 0 Å². The number of pyridine rings is 1. The lowest BCUT2D eigenvalue weighted by atomic mass is 10.2. The fourth-order valence-electron chi connectivity index (χ4n) is 2.54. The molecular formula is C18H17ClN2O5. The second-order valence-corrected chi connectivity index (χ2v) is 6.02. The Morgan fingerprint density at radius 1 is 1.38 bits per heavy atom. The van der Waals surface area contributed by atoms with Crippen LogP contribution in [0.2, 0.25) is 5.02 Å². The summed E-state index contributed by atoms with van der Waals surface area (Å²) in [6.07, 6.45) is 1.40. The number of oxazole rings is 1. The maximum absolute atomic E-state index is 12.1. The van der Waals surface area contributed by atoms with E-state index >= 15 is 0 Å². The van der Waals surface area contributed by atoms with Crippen molar-refractivity contribution < 1.29 is 18.7 Å². The number of aryl methyl sites for hydroxylation is 1. The second-order valence-electron chi connectivity index (χ2n) is 5.61. The van der Waals surface area contributed by atoms with Gasteiger partial charge in [0.05, 0.1) is 29.8 Å². The minimum Gasteiger partial charge on any atom is -0.483 e. The maximum Gasteiger partial charge on any atom is 0.419 e. The zero-order valence-corrected chi connectivity index (χ0v) is 15.0. The van der Waals surface area contributed by atoms with Crippen LogP contribution in [0.4, 0.5) is 0 Å². The van der Waals surface area contributed by atoms with E-state index in [1.807, 2.05) is 25.1 Å². The highest BCUT2D eigenvalue weighted by Gasteiger charge is 2.17. The molecule has 3 aromatic rings. The van der Waals surface area contributed by atoms with Crippen molar-refractivity contribution in [1.29, 1.82) is 0 Å². The number of carbonyl (C=O) groups is 1. The van der Waals surface area contributed by atoms with Crippen LogP contribution in [-0.2, 0) is 16.1 Å². The van der Waals surface area contributed by atoms with E-state index in [9.17, 15) is 9.59 Å². The number of fused-ring (bicyclic) bond motifs is 1. The van der Waals surface area contributed by atoms with Gasteiger partial charge < -0.3 is 13.9 Å². The lowest BCUT2D eigenvalue weighted by Crippen LogP contribution is -2.16. The fourth-order valence-corrected chi connectivity index (χ4v) is 2.74. The van der Waals surface area contributed by atoms with Gasteiger partial charge in [0.15, 0.2) is 5.58 Å². The maximum atomic E-state index is 12.1. The number of benzene rings is 1. The zero-order chi connectivity index (χ0) is 18.7. The molecule has 2 heterocycles. The van der Waals surface area contributed by atoms with Crippen molar-refractivity contribution in [2.24, 2.45) is 0 Å². The lowest BCUT2D eigenvalue weighted by molar-refractivity contribution is -0.140. The summed E-state index contributed by atoms with van der Waals surface area (Å²) in [6, 6.07) is 8.68. The Morgan fingerprint density at radius 3 is 2.88 bits per heavy atom. The number of halogens is 1. The highest BCUT2D eigenvalue weighted by Crippen LogP contribution is 2.32. The highest BCUT2D eigenvalue weighted by atomic mass is 35.5. The number of methoxy groups -OCH3 is 1. The van der Waals surface area contributed by atoms with Crippen molar-refractivity contribution in [1.82, 2.24) is 9.55 Å². The minimum atomic E-state index is -0.574. The molecule has 1 aromatic carbocycles. The van der Waals surface area contributed by atoms with Crippen LogP contribution >= 0.6 is 11.6 Å². The normalized spacial score (nSPS) is 12.1. The summed E-state index contributed by atoms with van der Waals surface area (Å²) >= 11 is 6.31. The largest absolute Gasteiger partial charge is 0.483 e. The molecule has 1 atom stereocenters. The molecule has 0 spiro atoms. The molecule has 7 nitrogen and oxygen atoms in total. The van der Waals surface area contributed by atoms with Gasteiger partial charge in [0.2, 0.25) is 0 Å². The van der Waals surface area contributed by atoms with E-state index in [0.29, 0.717) is 21.9 Å². The van der Waals surface area contributed by atoms with Crippen LogP contribution in [0.1, 0.15) is 25.1 Å². The van der Waals surface area contributed by atoms with E-state index in [4.69, 9.17) is 20.8 Å². The average molecular weight is 377 g/mol. The zero-order valence-electron chi connectivity index (χ0n) is 14.3. The number of hydrogen-bond acceptors (Lipinski definition) is 6. The smallest absolute Gasteiger partial charge is 0.419 e. The molecule has 26 heavy (non-hydrogen) atoms. The number of hydrogen-bond donors (Lipinski definition) is 0. The average Bonchev–Trinajstić information content (AvgIpc) is 2.94.